The lowest BCUT2D eigenvalue weighted by molar-refractivity contribution is 0.0681. The molecule has 1 N–H and O–H groups in total. The van der Waals surface area contributed by atoms with Gasteiger partial charge in [0.05, 0.1) is 18.1 Å². The van der Waals surface area contributed by atoms with Crippen LogP contribution in [0.5, 0.6) is 5.75 Å². The standard InChI is InChI=1S/C16H16FNO4/c17-11-5-6-14(22-10-12-3-1-7-20-12)13(9-11)18-16(19)15-4-2-8-21-15/h2,4-6,8-9,12H,1,3,7,10H2,(H,18,19)/t12-/m1/s1. The van der Waals surface area contributed by atoms with E-state index in [-0.39, 0.29) is 17.6 Å². The average Bonchev–Trinajstić information content (AvgIpc) is 3.20. The van der Waals surface area contributed by atoms with E-state index in [2.05, 4.69) is 5.32 Å². The van der Waals surface area contributed by atoms with Gasteiger partial charge >= 0.3 is 0 Å². The van der Waals surface area contributed by atoms with Crippen LogP contribution in [0.1, 0.15) is 23.4 Å². The highest BCUT2D eigenvalue weighted by Crippen LogP contribution is 2.27. The number of benzene rings is 1. The summed E-state index contributed by atoms with van der Waals surface area (Å²) in [4.78, 5) is 12.0. The lowest BCUT2D eigenvalue weighted by Gasteiger charge is -2.15. The zero-order chi connectivity index (χ0) is 15.4. The van der Waals surface area contributed by atoms with E-state index in [1.54, 1.807) is 6.07 Å². The van der Waals surface area contributed by atoms with Crippen molar-refractivity contribution in [1.29, 1.82) is 0 Å². The Kier molecular flexibility index (Phi) is 4.39. The van der Waals surface area contributed by atoms with Crippen molar-refractivity contribution < 1.29 is 23.1 Å². The number of halogens is 1. The van der Waals surface area contributed by atoms with Gasteiger partial charge in [0.2, 0.25) is 0 Å². The van der Waals surface area contributed by atoms with Crippen LogP contribution in [-0.4, -0.2) is 25.2 Å². The molecule has 116 valence electrons. The van der Waals surface area contributed by atoms with E-state index in [0.29, 0.717) is 12.4 Å². The monoisotopic (exact) mass is 305 g/mol. The quantitative estimate of drug-likeness (QED) is 0.921. The molecule has 1 aromatic carbocycles. The van der Waals surface area contributed by atoms with Gasteiger partial charge in [-0.15, -0.1) is 0 Å². The number of rotatable bonds is 5. The molecule has 22 heavy (non-hydrogen) atoms. The second kappa shape index (κ2) is 6.62. The normalized spacial score (nSPS) is 17.4. The first kappa shape index (κ1) is 14.6. The molecule has 0 saturated carbocycles. The molecule has 1 saturated heterocycles. The Balaban J connectivity index is 1.71. The number of hydrogen-bond donors (Lipinski definition) is 1. The molecule has 6 heteroatoms. The predicted octanol–water partition coefficient (Wildman–Crippen LogP) is 3.23. The van der Waals surface area contributed by atoms with Gasteiger partial charge in [-0.25, -0.2) is 4.39 Å². The molecule has 2 aromatic rings. The highest BCUT2D eigenvalue weighted by atomic mass is 19.1. The predicted molar refractivity (Wildman–Crippen MR) is 77.5 cm³/mol. The molecule has 0 aliphatic carbocycles. The molecule has 1 aliphatic heterocycles. The molecular formula is C16H16FNO4. The number of nitrogens with one attached hydrogen (secondary N) is 1. The molecule has 0 unspecified atom stereocenters. The molecule has 0 radical (unpaired) electrons. The number of anilines is 1. The third-order valence-corrected chi connectivity index (χ3v) is 3.38. The van der Waals surface area contributed by atoms with Gasteiger partial charge in [-0.05, 0) is 37.1 Å². The van der Waals surface area contributed by atoms with Gasteiger partial charge in [-0.2, -0.15) is 0 Å². The molecule has 1 aliphatic rings. The highest BCUT2D eigenvalue weighted by molar-refractivity contribution is 6.03. The van der Waals surface area contributed by atoms with Crippen molar-refractivity contribution in [2.45, 2.75) is 18.9 Å². The maximum Gasteiger partial charge on any atom is 0.291 e. The fourth-order valence-electron chi connectivity index (χ4n) is 2.28. The highest BCUT2D eigenvalue weighted by Gasteiger charge is 2.18. The molecule has 1 amide bonds. The molecule has 1 atom stereocenters. The van der Waals surface area contributed by atoms with E-state index in [0.717, 1.165) is 19.4 Å². The number of carbonyl (C=O) groups excluding carboxylic acids is 1. The summed E-state index contributed by atoms with van der Waals surface area (Å²) in [5.74, 6) is -0.372. The lowest BCUT2D eigenvalue weighted by atomic mass is 10.2. The Morgan fingerprint density at radius 3 is 3.05 bits per heavy atom. The maximum absolute atomic E-state index is 13.4. The van der Waals surface area contributed by atoms with Gasteiger partial charge in [-0.3, -0.25) is 4.79 Å². The van der Waals surface area contributed by atoms with Gasteiger partial charge < -0.3 is 19.2 Å². The van der Waals surface area contributed by atoms with Crippen LogP contribution in [-0.2, 0) is 4.74 Å². The van der Waals surface area contributed by atoms with Crippen molar-refractivity contribution in [1.82, 2.24) is 0 Å². The van der Waals surface area contributed by atoms with Crippen LogP contribution in [0.4, 0.5) is 10.1 Å². The van der Waals surface area contributed by atoms with Crippen molar-refractivity contribution in [3.63, 3.8) is 0 Å². The zero-order valence-electron chi connectivity index (χ0n) is 11.9. The summed E-state index contributed by atoms with van der Waals surface area (Å²) in [6.45, 7) is 1.11. The average molecular weight is 305 g/mol. The van der Waals surface area contributed by atoms with Crippen molar-refractivity contribution in [2.24, 2.45) is 0 Å². The Morgan fingerprint density at radius 1 is 1.41 bits per heavy atom. The van der Waals surface area contributed by atoms with Crippen molar-refractivity contribution in [2.75, 3.05) is 18.5 Å². The third kappa shape index (κ3) is 3.46. The van der Waals surface area contributed by atoms with E-state index < -0.39 is 11.7 Å². The van der Waals surface area contributed by atoms with Gasteiger partial charge in [0.15, 0.2) is 5.76 Å². The van der Waals surface area contributed by atoms with Crippen LogP contribution >= 0.6 is 0 Å². The first-order chi connectivity index (χ1) is 10.7. The van der Waals surface area contributed by atoms with E-state index in [9.17, 15) is 9.18 Å². The number of furan rings is 1. The van der Waals surface area contributed by atoms with Crippen LogP contribution in [0.25, 0.3) is 0 Å². The largest absolute Gasteiger partial charge is 0.489 e. The fourth-order valence-corrected chi connectivity index (χ4v) is 2.28. The maximum atomic E-state index is 13.4. The SMILES string of the molecule is O=C(Nc1cc(F)ccc1OC[C@H]1CCCO1)c1ccco1. The Bertz CT molecular complexity index is 636. The summed E-state index contributed by atoms with van der Waals surface area (Å²) in [7, 11) is 0. The smallest absolute Gasteiger partial charge is 0.291 e. The van der Waals surface area contributed by atoms with Gasteiger partial charge in [0, 0.05) is 12.7 Å². The summed E-state index contributed by atoms with van der Waals surface area (Å²) < 4.78 is 29.6. The number of carbonyl (C=O) groups is 1. The second-order valence-corrected chi connectivity index (χ2v) is 5.02. The molecule has 1 fully saturated rings. The van der Waals surface area contributed by atoms with Crippen LogP contribution < -0.4 is 10.1 Å². The first-order valence-electron chi connectivity index (χ1n) is 7.11. The molecule has 0 bridgehead atoms. The minimum Gasteiger partial charge on any atom is -0.489 e. The first-order valence-corrected chi connectivity index (χ1v) is 7.11. The van der Waals surface area contributed by atoms with Crippen LogP contribution in [0.15, 0.2) is 41.0 Å². The Hall–Kier alpha value is -2.34. The van der Waals surface area contributed by atoms with E-state index in [1.165, 1.54) is 30.5 Å². The lowest BCUT2D eigenvalue weighted by Crippen LogP contribution is -2.18. The van der Waals surface area contributed by atoms with Crippen molar-refractivity contribution >= 4 is 11.6 Å². The van der Waals surface area contributed by atoms with Crippen LogP contribution in [0.3, 0.4) is 0 Å². The zero-order valence-corrected chi connectivity index (χ0v) is 11.9. The summed E-state index contributed by atoms with van der Waals surface area (Å²) in [5.41, 5.74) is 0.263. The van der Waals surface area contributed by atoms with Gasteiger partial charge in [-0.1, -0.05) is 0 Å². The molecule has 1 aromatic heterocycles. The van der Waals surface area contributed by atoms with E-state index in [4.69, 9.17) is 13.9 Å². The summed E-state index contributed by atoms with van der Waals surface area (Å²) in [6.07, 6.45) is 3.39. The fraction of sp³-hybridized carbons (Fsp3) is 0.312. The number of amides is 1. The summed E-state index contributed by atoms with van der Waals surface area (Å²) in [6, 6.07) is 7.12. The van der Waals surface area contributed by atoms with Crippen LogP contribution in [0, 0.1) is 5.82 Å². The Labute approximate surface area is 127 Å². The minimum absolute atomic E-state index is 0.0404. The minimum atomic E-state index is -0.461. The number of ether oxygens (including phenoxy) is 2. The third-order valence-electron chi connectivity index (χ3n) is 3.38. The molecule has 5 nitrogen and oxygen atoms in total. The molecule has 0 spiro atoms. The van der Waals surface area contributed by atoms with Gasteiger partial charge in [0.1, 0.15) is 18.2 Å². The van der Waals surface area contributed by atoms with Crippen molar-refractivity contribution in [3.8, 4) is 5.75 Å². The summed E-state index contributed by atoms with van der Waals surface area (Å²) in [5, 5.41) is 2.59. The molecule has 3 rings (SSSR count). The van der Waals surface area contributed by atoms with E-state index >= 15 is 0 Å². The topological polar surface area (TPSA) is 60.7 Å². The van der Waals surface area contributed by atoms with Crippen molar-refractivity contribution in [3.05, 3.63) is 48.2 Å². The second-order valence-electron chi connectivity index (χ2n) is 5.02. The Morgan fingerprint density at radius 2 is 2.32 bits per heavy atom. The molecular weight excluding hydrogens is 289 g/mol. The molecule has 2 heterocycles. The number of hydrogen-bond acceptors (Lipinski definition) is 4. The van der Waals surface area contributed by atoms with E-state index in [1.807, 2.05) is 0 Å². The van der Waals surface area contributed by atoms with Crippen LogP contribution in [0.2, 0.25) is 0 Å². The summed E-state index contributed by atoms with van der Waals surface area (Å²) >= 11 is 0. The van der Waals surface area contributed by atoms with Gasteiger partial charge in [0.25, 0.3) is 5.91 Å².